The van der Waals surface area contributed by atoms with Crippen molar-refractivity contribution in [1.82, 2.24) is 15.0 Å². The second-order valence-corrected chi connectivity index (χ2v) is 2.83. The van der Waals surface area contributed by atoms with Crippen molar-refractivity contribution in [3.63, 3.8) is 0 Å². The van der Waals surface area contributed by atoms with Gasteiger partial charge in [-0.1, -0.05) is 11.3 Å². The predicted octanol–water partition coefficient (Wildman–Crippen LogP) is 0.865. The van der Waals surface area contributed by atoms with Gasteiger partial charge in [-0.05, 0) is 12.1 Å². The van der Waals surface area contributed by atoms with Gasteiger partial charge in [0.2, 0.25) is 0 Å². The van der Waals surface area contributed by atoms with Gasteiger partial charge in [0.05, 0.1) is 18.1 Å². The van der Waals surface area contributed by atoms with Gasteiger partial charge >= 0.3 is 0 Å². The molecule has 0 unspecified atom stereocenters. The Labute approximate surface area is 80.2 Å². The van der Waals surface area contributed by atoms with Crippen LogP contribution in [0.15, 0.2) is 30.6 Å². The van der Waals surface area contributed by atoms with Gasteiger partial charge in [0.1, 0.15) is 5.82 Å². The number of hydrogen-bond donors (Lipinski definition) is 1. The second-order valence-electron chi connectivity index (χ2n) is 2.83. The Morgan fingerprint density at radius 2 is 2.29 bits per heavy atom. The van der Waals surface area contributed by atoms with E-state index in [9.17, 15) is 4.39 Å². The summed E-state index contributed by atoms with van der Waals surface area (Å²) in [7, 11) is 0. The molecule has 2 N–H and O–H groups in total. The summed E-state index contributed by atoms with van der Waals surface area (Å²) in [6, 6.07) is 4.78. The van der Waals surface area contributed by atoms with Crippen LogP contribution in [0.3, 0.4) is 0 Å². The molecular formula is C9H9FN4. The zero-order valence-corrected chi connectivity index (χ0v) is 7.39. The molecule has 0 bridgehead atoms. The maximum Gasteiger partial charge on any atom is 0.129 e. The minimum atomic E-state index is -0.319. The largest absolute Gasteiger partial charge is 0.326 e. The van der Waals surface area contributed by atoms with Crippen LogP contribution in [0.5, 0.6) is 0 Å². The minimum absolute atomic E-state index is 0.198. The number of halogens is 1. The fraction of sp³-hybridized carbons (Fsp3) is 0.111. The third-order valence-corrected chi connectivity index (χ3v) is 1.94. The molecule has 0 saturated heterocycles. The molecule has 4 nitrogen and oxygen atoms in total. The SMILES string of the molecule is NCc1ccc(-n2ccnn2)cc1F. The number of nitrogens with two attached hydrogens (primary N) is 1. The third kappa shape index (κ3) is 1.49. The number of nitrogens with zero attached hydrogens (tertiary/aromatic N) is 3. The lowest BCUT2D eigenvalue weighted by atomic mass is 10.2. The summed E-state index contributed by atoms with van der Waals surface area (Å²) >= 11 is 0. The van der Waals surface area contributed by atoms with E-state index in [1.807, 2.05) is 0 Å². The standard InChI is InChI=1S/C9H9FN4/c10-9-5-8(2-1-7(9)6-11)14-4-3-12-13-14/h1-5H,6,11H2. The molecule has 0 aliphatic rings. The van der Waals surface area contributed by atoms with Crippen LogP contribution in [0.2, 0.25) is 0 Å². The molecule has 2 aromatic rings. The van der Waals surface area contributed by atoms with E-state index in [1.54, 1.807) is 18.3 Å². The van der Waals surface area contributed by atoms with Crippen LogP contribution < -0.4 is 5.73 Å². The molecule has 72 valence electrons. The zero-order chi connectivity index (χ0) is 9.97. The van der Waals surface area contributed by atoms with Crippen molar-refractivity contribution >= 4 is 0 Å². The molecule has 0 aliphatic heterocycles. The molecule has 0 amide bonds. The van der Waals surface area contributed by atoms with E-state index in [4.69, 9.17) is 5.73 Å². The summed E-state index contributed by atoms with van der Waals surface area (Å²) < 4.78 is 14.8. The van der Waals surface area contributed by atoms with E-state index in [-0.39, 0.29) is 12.4 Å². The van der Waals surface area contributed by atoms with Crippen LogP contribution in [0.25, 0.3) is 5.69 Å². The van der Waals surface area contributed by atoms with Gasteiger partial charge in [-0.25, -0.2) is 9.07 Å². The Morgan fingerprint density at radius 1 is 1.43 bits per heavy atom. The summed E-state index contributed by atoms with van der Waals surface area (Å²) in [6.07, 6.45) is 3.19. The summed E-state index contributed by atoms with van der Waals surface area (Å²) in [6.45, 7) is 0.198. The monoisotopic (exact) mass is 192 g/mol. The quantitative estimate of drug-likeness (QED) is 0.767. The zero-order valence-electron chi connectivity index (χ0n) is 7.39. The maximum atomic E-state index is 13.3. The molecule has 1 aromatic carbocycles. The highest BCUT2D eigenvalue weighted by Crippen LogP contribution is 2.12. The molecule has 0 aliphatic carbocycles. The molecule has 0 atom stereocenters. The van der Waals surface area contributed by atoms with Crippen molar-refractivity contribution in [3.8, 4) is 5.69 Å². The van der Waals surface area contributed by atoms with Gasteiger partial charge in [0.25, 0.3) is 0 Å². The Morgan fingerprint density at radius 3 is 2.86 bits per heavy atom. The fourth-order valence-electron chi connectivity index (χ4n) is 1.19. The molecule has 2 rings (SSSR count). The topological polar surface area (TPSA) is 56.7 Å². The van der Waals surface area contributed by atoms with Crippen molar-refractivity contribution in [2.24, 2.45) is 5.73 Å². The Bertz CT molecular complexity index is 424. The fourth-order valence-corrected chi connectivity index (χ4v) is 1.19. The van der Waals surface area contributed by atoms with Crippen LogP contribution in [-0.2, 0) is 6.54 Å². The minimum Gasteiger partial charge on any atom is -0.326 e. The van der Waals surface area contributed by atoms with Crippen molar-refractivity contribution in [2.75, 3.05) is 0 Å². The molecule has 0 fully saturated rings. The van der Waals surface area contributed by atoms with Gasteiger partial charge in [-0.15, -0.1) is 5.10 Å². The normalized spacial score (nSPS) is 10.4. The van der Waals surface area contributed by atoms with Crippen molar-refractivity contribution in [2.45, 2.75) is 6.54 Å². The second kappa shape index (κ2) is 3.55. The molecule has 1 heterocycles. The molecule has 0 radical (unpaired) electrons. The van der Waals surface area contributed by atoms with E-state index >= 15 is 0 Å². The first kappa shape index (κ1) is 8.83. The lowest BCUT2D eigenvalue weighted by Gasteiger charge is -2.03. The van der Waals surface area contributed by atoms with E-state index in [0.29, 0.717) is 11.3 Å². The van der Waals surface area contributed by atoms with Crippen molar-refractivity contribution < 1.29 is 4.39 Å². The average Bonchev–Trinajstić information content (AvgIpc) is 2.70. The molecule has 0 saturated carbocycles. The predicted molar refractivity (Wildman–Crippen MR) is 49.2 cm³/mol. The van der Waals surface area contributed by atoms with Gasteiger partial charge < -0.3 is 5.73 Å². The van der Waals surface area contributed by atoms with Crippen LogP contribution in [0.1, 0.15) is 5.56 Å². The van der Waals surface area contributed by atoms with E-state index in [0.717, 1.165) is 0 Å². The lowest BCUT2D eigenvalue weighted by Crippen LogP contribution is -2.02. The first-order valence-corrected chi connectivity index (χ1v) is 4.16. The first-order valence-electron chi connectivity index (χ1n) is 4.16. The molecule has 0 spiro atoms. The van der Waals surface area contributed by atoms with Crippen LogP contribution in [-0.4, -0.2) is 15.0 Å². The number of benzene rings is 1. The van der Waals surface area contributed by atoms with Crippen LogP contribution >= 0.6 is 0 Å². The first-order chi connectivity index (χ1) is 6.81. The average molecular weight is 192 g/mol. The molecule has 1 aromatic heterocycles. The van der Waals surface area contributed by atoms with Gasteiger partial charge in [0, 0.05) is 12.1 Å². The summed E-state index contributed by atoms with van der Waals surface area (Å²) in [5.41, 5.74) is 6.48. The summed E-state index contributed by atoms with van der Waals surface area (Å²) in [4.78, 5) is 0. The third-order valence-electron chi connectivity index (χ3n) is 1.94. The smallest absolute Gasteiger partial charge is 0.129 e. The van der Waals surface area contributed by atoms with Crippen LogP contribution in [0, 0.1) is 5.82 Å². The van der Waals surface area contributed by atoms with E-state index in [1.165, 1.54) is 16.9 Å². The molecule has 14 heavy (non-hydrogen) atoms. The highest BCUT2D eigenvalue weighted by atomic mass is 19.1. The maximum absolute atomic E-state index is 13.3. The van der Waals surface area contributed by atoms with Gasteiger partial charge in [0.15, 0.2) is 0 Å². The highest BCUT2D eigenvalue weighted by Gasteiger charge is 2.03. The lowest BCUT2D eigenvalue weighted by molar-refractivity contribution is 0.608. The number of rotatable bonds is 2. The summed E-state index contributed by atoms with van der Waals surface area (Å²) in [5, 5.41) is 7.39. The number of hydrogen-bond acceptors (Lipinski definition) is 3. The molecule has 5 heteroatoms. The molecular weight excluding hydrogens is 183 g/mol. The summed E-state index contributed by atoms with van der Waals surface area (Å²) in [5.74, 6) is -0.319. The van der Waals surface area contributed by atoms with Gasteiger partial charge in [-0.2, -0.15) is 0 Å². The van der Waals surface area contributed by atoms with Crippen molar-refractivity contribution in [3.05, 3.63) is 42.0 Å². The Kier molecular flexibility index (Phi) is 2.24. The Balaban J connectivity index is 2.43. The van der Waals surface area contributed by atoms with Crippen molar-refractivity contribution in [1.29, 1.82) is 0 Å². The number of aromatic nitrogens is 3. The van der Waals surface area contributed by atoms with E-state index in [2.05, 4.69) is 10.3 Å². The van der Waals surface area contributed by atoms with Gasteiger partial charge in [-0.3, -0.25) is 0 Å². The Hall–Kier alpha value is -1.75. The van der Waals surface area contributed by atoms with Crippen LogP contribution in [0.4, 0.5) is 4.39 Å². The van der Waals surface area contributed by atoms with E-state index < -0.39 is 0 Å². The highest BCUT2D eigenvalue weighted by molar-refractivity contribution is 5.34.